The third kappa shape index (κ3) is 7.31. The maximum Gasteiger partial charge on any atom is 0.267 e. The van der Waals surface area contributed by atoms with Crippen molar-refractivity contribution in [1.29, 1.82) is 0 Å². The number of aromatic nitrogens is 1. The van der Waals surface area contributed by atoms with Gasteiger partial charge < -0.3 is 44.5 Å². The molecule has 3 amide bonds. The fraction of sp³-hybridized carbons (Fsp3) is 0.552. The molecular formula is C29H42N6O6. The lowest BCUT2D eigenvalue weighted by atomic mass is 10.1. The fourth-order valence-electron chi connectivity index (χ4n) is 5.29. The minimum Gasteiger partial charge on any atom is -0.493 e. The zero-order valence-corrected chi connectivity index (χ0v) is 24.6. The van der Waals surface area contributed by atoms with Crippen LogP contribution in [0.3, 0.4) is 0 Å². The highest BCUT2D eigenvalue weighted by Gasteiger charge is 2.39. The molecule has 0 saturated carbocycles. The van der Waals surface area contributed by atoms with Gasteiger partial charge in [0.1, 0.15) is 11.9 Å². The van der Waals surface area contributed by atoms with Crippen LogP contribution in [0.1, 0.15) is 53.0 Å². The average molecular weight is 571 g/mol. The van der Waals surface area contributed by atoms with Gasteiger partial charge in [-0.15, -0.1) is 0 Å². The van der Waals surface area contributed by atoms with E-state index in [-0.39, 0.29) is 43.0 Å². The van der Waals surface area contributed by atoms with Crippen LogP contribution < -0.4 is 25.4 Å². The van der Waals surface area contributed by atoms with Gasteiger partial charge >= 0.3 is 0 Å². The Bertz CT molecular complexity index is 1240. The fourth-order valence-corrected chi connectivity index (χ4v) is 5.29. The highest BCUT2D eigenvalue weighted by molar-refractivity contribution is 6.01. The van der Waals surface area contributed by atoms with Gasteiger partial charge in [0.2, 0.25) is 5.91 Å². The maximum absolute atomic E-state index is 13.2. The predicted octanol–water partition coefficient (Wildman–Crippen LogP) is 2.52. The zero-order chi connectivity index (χ0) is 29.5. The van der Waals surface area contributed by atoms with Gasteiger partial charge in [0.15, 0.2) is 11.5 Å². The number of hydrogen-bond donors (Lipinski definition) is 3. The van der Waals surface area contributed by atoms with Gasteiger partial charge in [-0.05, 0) is 58.5 Å². The maximum atomic E-state index is 13.2. The van der Waals surface area contributed by atoms with Gasteiger partial charge in [-0.2, -0.15) is 0 Å². The molecule has 0 aliphatic carbocycles. The number of nitrogens with zero attached hydrogens (tertiary/aromatic N) is 3. The Morgan fingerprint density at radius 1 is 1.15 bits per heavy atom. The molecule has 2 aromatic rings. The van der Waals surface area contributed by atoms with Gasteiger partial charge in [0.05, 0.1) is 36.7 Å². The lowest BCUT2D eigenvalue weighted by molar-refractivity contribution is -0.116. The molecule has 0 radical (unpaired) electrons. The molecule has 0 spiro atoms. The van der Waals surface area contributed by atoms with Crippen LogP contribution in [0.2, 0.25) is 0 Å². The van der Waals surface area contributed by atoms with Crippen molar-refractivity contribution in [3.63, 3.8) is 0 Å². The molecule has 1 fully saturated rings. The molecule has 1 aromatic heterocycles. The first-order valence-electron chi connectivity index (χ1n) is 14.1. The summed E-state index contributed by atoms with van der Waals surface area (Å²) in [6, 6.07) is 5.10. The molecule has 1 unspecified atom stereocenters. The number of nitrogens with one attached hydrogen (secondary N) is 3. The smallest absolute Gasteiger partial charge is 0.267 e. The largest absolute Gasteiger partial charge is 0.493 e. The molecule has 3 N–H and O–H groups in total. The second-order valence-corrected chi connectivity index (χ2v) is 10.7. The number of fused-ring (bicyclic) bond motifs is 2. The molecule has 2 aliphatic heterocycles. The minimum absolute atomic E-state index is 0.0306. The van der Waals surface area contributed by atoms with E-state index in [9.17, 15) is 14.4 Å². The van der Waals surface area contributed by atoms with Crippen molar-refractivity contribution in [2.24, 2.45) is 7.05 Å². The van der Waals surface area contributed by atoms with Crippen molar-refractivity contribution >= 4 is 29.1 Å². The first-order valence-corrected chi connectivity index (χ1v) is 14.1. The number of carbonyl (C=O) groups excluding carboxylic acids is 3. The van der Waals surface area contributed by atoms with E-state index in [1.54, 1.807) is 43.1 Å². The summed E-state index contributed by atoms with van der Waals surface area (Å²) in [6.07, 6.45) is 4.76. The number of ether oxygens (including phenoxy) is 3. The van der Waals surface area contributed by atoms with E-state index in [1.165, 1.54) is 7.11 Å². The molecule has 2 aliphatic rings. The van der Waals surface area contributed by atoms with Crippen molar-refractivity contribution in [1.82, 2.24) is 19.7 Å². The van der Waals surface area contributed by atoms with Crippen LogP contribution in [0.15, 0.2) is 24.4 Å². The average Bonchev–Trinajstić information content (AvgIpc) is 3.55. The monoisotopic (exact) mass is 570 g/mol. The molecule has 3 heterocycles. The summed E-state index contributed by atoms with van der Waals surface area (Å²) in [4.78, 5) is 42.2. The number of hydrogen-bond acceptors (Lipinski definition) is 8. The van der Waals surface area contributed by atoms with E-state index in [0.717, 1.165) is 25.8 Å². The Morgan fingerprint density at radius 2 is 1.95 bits per heavy atom. The predicted molar refractivity (Wildman–Crippen MR) is 156 cm³/mol. The summed E-state index contributed by atoms with van der Waals surface area (Å²) in [5.74, 6) is 0.520. The number of methoxy groups -OCH3 is 2. The standard InChI is InChI=1S/C29H42N6O6/c1-33(2)12-8-11-30-27(37)23-15-19(18-34(23)3)31-26(36)10-7-14-41-25-17-21-20(16-24(25)39-4)29(38)35-13-6-9-22(35)28(32-21)40-5/h15-18,22,28,32H,6-14H2,1-5H3,(H,30,37)(H,31,36)/t22-,28?/m0/s1. The zero-order valence-electron chi connectivity index (χ0n) is 24.6. The highest BCUT2D eigenvalue weighted by atomic mass is 16.5. The van der Waals surface area contributed by atoms with Crippen molar-refractivity contribution < 1.29 is 28.6 Å². The lowest BCUT2D eigenvalue weighted by Crippen LogP contribution is -2.44. The summed E-state index contributed by atoms with van der Waals surface area (Å²) in [5, 5.41) is 9.12. The van der Waals surface area contributed by atoms with Crippen molar-refractivity contribution in [2.45, 2.75) is 44.4 Å². The van der Waals surface area contributed by atoms with Crippen LogP contribution in [-0.2, 0) is 16.6 Å². The summed E-state index contributed by atoms with van der Waals surface area (Å²) in [6.45, 7) is 2.44. The number of rotatable bonds is 13. The Hall–Kier alpha value is -3.77. The Morgan fingerprint density at radius 3 is 2.68 bits per heavy atom. The number of aryl methyl sites for hydroxylation is 1. The van der Waals surface area contributed by atoms with E-state index in [4.69, 9.17) is 14.2 Å². The van der Waals surface area contributed by atoms with E-state index in [1.807, 2.05) is 19.0 Å². The summed E-state index contributed by atoms with van der Waals surface area (Å²) < 4.78 is 18.9. The molecule has 2 atom stereocenters. The van der Waals surface area contributed by atoms with Crippen LogP contribution in [0.25, 0.3) is 0 Å². The first kappa shape index (κ1) is 30.2. The summed E-state index contributed by atoms with van der Waals surface area (Å²) in [5.41, 5.74) is 2.19. The minimum atomic E-state index is -0.319. The second kappa shape index (κ2) is 13.7. The van der Waals surface area contributed by atoms with Crippen LogP contribution in [0.4, 0.5) is 11.4 Å². The van der Waals surface area contributed by atoms with Gasteiger partial charge in [0.25, 0.3) is 11.8 Å². The molecule has 0 bridgehead atoms. The molecule has 224 valence electrons. The third-order valence-corrected chi connectivity index (χ3v) is 7.39. The normalized spacial score (nSPS) is 17.9. The lowest BCUT2D eigenvalue weighted by Gasteiger charge is -2.28. The SMILES string of the molecule is COc1cc2c(cc1OCCCC(=O)Nc1cc(C(=O)NCCCN(C)C)n(C)c1)NC(OC)[C@@H]1CCCN1C2=O. The van der Waals surface area contributed by atoms with Crippen molar-refractivity contribution in [3.8, 4) is 11.5 Å². The molecule has 12 nitrogen and oxygen atoms in total. The Balaban J connectivity index is 1.29. The number of amides is 3. The third-order valence-electron chi connectivity index (χ3n) is 7.39. The second-order valence-electron chi connectivity index (χ2n) is 10.7. The van der Waals surface area contributed by atoms with Crippen molar-refractivity contribution in [3.05, 3.63) is 35.7 Å². The van der Waals surface area contributed by atoms with Gasteiger partial charge in [-0.25, -0.2) is 0 Å². The quantitative estimate of drug-likeness (QED) is 0.314. The molecule has 1 aromatic carbocycles. The van der Waals surface area contributed by atoms with Crippen LogP contribution >= 0.6 is 0 Å². The first-order chi connectivity index (χ1) is 19.7. The molecule has 41 heavy (non-hydrogen) atoms. The van der Waals surface area contributed by atoms with Gasteiger partial charge in [-0.1, -0.05) is 0 Å². The van der Waals surface area contributed by atoms with Crippen molar-refractivity contribution in [2.75, 3.05) is 65.2 Å². The van der Waals surface area contributed by atoms with Gasteiger partial charge in [-0.3, -0.25) is 14.4 Å². The summed E-state index contributed by atoms with van der Waals surface area (Å²) >= 11 is 0. The molecular weight excluding hydrogens is 528 g/mol. The van der Waals surface area contributed by atoms with Gasteiger partial charge in [0, 0.05) is 45.9 Å². The number of anilines is 2. The Labute approximate surface area is 241 Å². The van der Waals surface area contributed by atoms with Crippen LogP contribution in [0, 0.1) is 0 Å². The van der Waals surface area contributed by atoms with Crippen LogP contribution in [0.5, 0.6) is 11.5 Å². The van der Waals surface area contributed by atoms with E-state index < -0.39 is 0 Å². The van der Waals surface area contributed by atoms with E-state index >= 15 is 0 Å². The summed E-state index contributed by atoms with van der Waals surface area (Å²) in [7, 11) is 8.92. The van der Waals surface area contributed by atoms with E-state index in [2.05, 4.69) is 20.9 Å². The number of carbonyl (C=O) groups is 3. The molecule has 12 heteroatoms. The topological polar surface area (TPSA) is 126 Å². The van der Waals surface area contributed by atoms with E-state index in [0.29, 0.717) is 53.6 Å². The Kier molecular flexibility index (Phi) is 10.1. The highest BCUT2D eigenvalue weighted by Crippen LogP contribution is 2.38. The number of benzene rings is 1. The van der Waals surface area contributed by atoms with Crippen LogP contribution in [-0.4, -0.2) is 98.9 Å². The molecule has 1 saturated heterocycles. The molecule has 4 rings (SSSR count).